The molecule has 5 heteroatoms. The van der Waals surface area contributed by atoms with Crippen LogP contribution in [0, 0.1) is 6.92 Å². The molecule has 0 radical (unpaired) electrons. The van der Waals surface area contributed by atoms with Crippen LogP contribution in [0.15, 0.2) is 16.9 Å². The van der Waals surface area contributed by atoms with Gasteiger partial charge in [0.1, 0.15) is 10.4 Å². The Labute approximate surface area is 103 Å². The number of amides is 1. The second-order valence-corrected chi connectivity index (χ2v) is 4.33. The molecule has 86 valence electrons. The number of hydrogen-bond acceptors (Lipinski definition) is 3. The first-order valence-electron chi connectivity index (χ1n) is 4.90. The van der Waals surface area contributed by atoms with Crippen molar-refractivity contribution in [2.45, 2.75) is 26.7 Å². The molecule has 0 aromatic carbocycles. The molecule has 0 aliphatic carbocycles. The lowest BCUT2D eigenvalue weighted by molar-refractivity contribution is -0.121. The molecule has 0 aliphatic heterocycles. The van der Waals surface area contributed by atoms with Gasteiger partial charge in [0, 0.05) is 12.8 Å². The molecule has 1 aromatic heterocycles. The SMILES string of the molecule is CC(=O)CCC(=O)Nc1cnc(Br)c(C)c1. The van der Waals surface area contributed by atoms with Crippen molar-refractivity contribution in [1.82, 2.24) is 4.98 Å². The highest BCUT2D eigenvalue weighted by Crippen LogP contribution is 2.16. The lowest BCUT2D eigenvalue weighted by atomic mass is 10.2. The van der Waals surface area contributed by atoms with Crippen LogP contribution in [0.1, 0.15) is 25.3 Å². The quantitative estimate of drug-likeness (QED) is 0.864. The van der Waals surface area contributed by atoms with Crippen molar-refractivity contribution in [1.29, 1.82) is 0 Å². The zero-order valence-electron chi connectivity index (χ0n) is 9.21. The molecule has 0 unspecified atom stereocenters. The molecule has 0 fully saturated rings. The number of ketones is 1. The predicted molar refractivity (Wildman–Crippen MR) is 65.2 cm³/mol. The summed E-state index contributed by atoms with van der Waals surface area (Å²) >= 11 is 3.28. The van der Waals surface area contributed by atoms with E-state index in [1.807, 2.05) is 13.0 Å². The minimum Gasteiger partial charge on any atom is -0.325 e. The minimum absolute atomic E-state index is 0.0141. The number of pyridine rings is 1. The number of Topliss-reactive ketones (excluding diaryl/α,β-unsaturated/α-hetero) is 1. The highest BCUT2D eigenvalue weighted by molar-refractivity contribution is 9.10. The molecule has 1 rings (SSSR count). The van der Waals surface area contributed by atoms with E-state index in [1.165, 1.54) is 6.92 Å². The van der Waals surface area contributed by atoms with Crippen LogP contribution < -0.4 is 5.32 Å². The van der Waals surface area contributed by atoms with Gasteiger partial charge >= 0.3 is 0 Å². The molecule has 1 aromatic rings. The number of carbonyl (C=O) groups excluding carboxylic acids is 2. The third-order valence-electron chi connectivity index (χ3n) is 2.00. The number of halogens is 1. The average molecular weight is 285 g/mol. The Bertz CT molecular complexity index is 418. The summed E-state index contributed by atoms with van der Waals surface area (Å²) in [6.45, 7) is 3.36. The molecule has 1 heterocycles. The zero-order chi connectivity index (χ0) is 12.1. The maximum Gasteiger partial charge on any atom is 0.224 e. The predicted octanol–water partition coefficient (Wildman–Crippen LogP) is 2.46. The normalized spacial score (nSPS) is 9.94. The Morgan fingerprint density at radius 3 is 2.69 bits per heavy atom. The van der Waals surface area contributed by atoms with E-state index in [9.17, 15) is 9.59 Å². The van der Waals surface area contributed by atoms with Gasteiger partial charge in [0.2, 0.25) is 5.91 Å². The van der Waals surface area contributed by atoms with E-state index >= 15 is 0 Å². The summed E-state index contributed by atoms with van der Waals surface area (Å²) in [5.74, 6) is -0.154. The van der Waals surface area contributed by atoms with Gasteiger partial charge in [-0.25, -0.2) is 4.98 Å². The van der Waals surface area contributed by atoms with E-state index in [1.54, 1.807) is 6.20 Å². The molecule has 0 bridgehead atoms. The first-order chi connectivity index (χ1) is 7.49. The summed E-state index contributed by atoms with van der Waals surface area (Å²) in [5.41, 5.74) is 1.60. The third-order valence-corrected chi connectivity index (χ3v) is 2.83. The number of aromatic nitrogens is 1. The van der Waals surface area contributed by atoms with Gasteiger partial charge in [0.15, 0.2) is 0 Å². The molecule has 1 amide bonds. The van der Waals surface area contributed by atoms with E-state index < -0.39 is 0 Å². The number of hydrogen-bond donors (Lipinski definition) is 1. The summed E-state index contributed by atoms with van der Waals surface area (Å²) in [4.78, 5) is 26.2. The number of nitrogens with zero attached hydrogens (tertiary/aromatic N) is 1. The Hall–Kier alpha value is -1.23. The topological polar surface area (TPSA) is 59.1 Å². The monoisotopic (exact) mass is 284 g/mol. The first-order valence-corrected chi connectivity index (χ1v) is 5.70. The first kappa shape index (κ1) is 12.8. The molecule has 0 atom stereocenters. The van der Waals surface area contributed by atoms with Crippen molar-refractivity contribution >= 4 is 33.3 Å². The number of anilines is 1. The van der Waals surface area contributed by atoms with E-state index in [0.29, 0.717) is 5.69 Å². The van der Waals surface area contributed by atoms with Crippen LogP contribution >= 0.6 is 15.9 Å². The molecular formula is C11H13BrN2O2. The van der Waals surface area contributed by atoms with Crippen molar-refractivity contribution in [2.24, 2.45) is 0 Å². The van der Waals surface area contributed by atoms with E-state index in [2.05, 4.69) is 26.2 Å². The fourth-order valence-electron chi connectivity index (χ4n) is 1.14. The van der Waals surface area contributed by atoms with Gasteiger partial charge in [-0.2, -0.15) is 0 Å². The molecule has 1 N–H and O–H groups in total. The lowest BCUT2D eigenvalue weighted by Gasteiger charge is -2.05. The van der Waals surface area contributed by atoms with E-state index in [0.717, 1.165) is 10.2 Å². The van der Waals surface area contributed by atoms with Crippen LogP contribution in [0.3, 0.4) is 0 Å². The molecule has 0 saturated carbocycles. The molecule has 0 saturated heterocycles. The Morgan fingerprint density at radius 1 is 1.44 bits per heavy atom. The maximum absolute atomic E-state index is 11.4. The highest BCUT2D eigenvalue weighted by atomic mass is 79.9. The van der Waals surface area contributed by atoms with Gasteiger partial charge < -0.3 is 10.1 Å². The smallest absolute Gasteiger partial charge is 0.224 e. The van der Waals surface area contributed by atoms with Crippen LogP contribution in [0.25, 0.3) is 0 Å². The van der Waals surface area contributed by atoms with E-state index in [-0.39, 0.29) is 24.5 Å². The molecule has 16 heavy (non-hydrogen) atoms. The van der Waals surface area contributed by atoms with Crippen molar-refractivity contribution in [3.05, 3.63) is 22.4 Å². The number of carbonyl (C=O) groups is 2. The van der Waals surface area contributed by atoms with Gasteiger partial charge in [-0.1, -0.05) is 0 Å². The fourth-order valence-corrected chi connectivity index (χ4v) is 1.36. The number of nitrogens with one attached hydrogen (secondary N) is 1. The molecule has 0 spiro atoms. The van der Waals surface area contributed by atoms with Crippen molar-refractivity contribution in [3.63, 3.8) is 0 Å². The Balaban J connectivity index is 2.56. The second kappa shape index (κ2) is 5.75. The highest BCUT2D eigenvalue weighted by Gasteiger charge is 2.05. The van der Waals surface area contributed by atoms with Gasteiger partial charge in [0.05, 0.1) is 11.9 Å². The standard InChI is InChI=1S/C11H13BrN2O2/c1-7-5-9(6-13-11(7)12)14-10(16)4-3-8(2)15/h5-6H,3-4H2,1-2H3,(H,14,16). The van der Waals surface area contributed by atoms with Crippen LogP contribution in [0.4, 0.5) is 5.69 Å². The van der Waals surface area contributed by atoms with Gasteiger partial charge in [-0.05, 0) is 41.4 Å². The second-order valence-electron chi connectivity index (χ2n) is 3.58. The summed E-state index contributed by atoms with van der Waals surface area (Å²) in [5, 5.41) is 2.69. The van der Waals surface area contributed by atoms with Gasteiger partial charge in [0.25, 0.3) is 0 Å². The van der Waals surface area contributed by atoms with E-state index in [4.69, 9.17) is 0 Å². The third kappa shape index (κ3) is 4.10. The summed E-state index contributed by atoms with van der Waals surface area (Å²) < 4.78 is 0.759. The maximum atomic E-state index is 11.4. The van der Waals surface area contributed by atoms with Crippen LogP contribution in [0.5, 0.6) is 0 Å². The van der Waals surface area contributed by atoms with Crippen molar-refractivity contribution in [3.8, 4) is 0 Å². The summed E-state index contributed by atoms with van der Waals surface area (Å²) in [7, 11) is 0. The van der Waals surface area contributed by atoms with Crippen LogP contribution in [0.2, 0.25) is 0 Å². The Morgan fingerprint density at radius 2 is 2.12 bits per heavy atom. The fraction of sp³-hybridized carbons (Fsp3) is 0.364. The molecule has 4 nitrogen and oxygen atoms in total. The van der Waals surface area contributed by atoms with Crippen molar-refractivity contribution < 1.29 is 9.59 Å². The number of aryl methyl sites for hydroxylation is 1. The summed E-state index contributed by atoms with van der Waals surface area (Å²) in [6.07, 6.45) is 2.06. The summed E-state index contributed by atoms with van der Waals surface area (Å²) in [6, 6.07) is 1.82. The average Bonchev–Trinajstić information content (AvgIpc) is 2.21. The van der Waals surface area contributed by atoms with Gasteiger partial charge in [-0.15, -0.1) is 0 Å². The van der Waals surface area contributed by atoms with Gasteiger partial charge in [-0.3, -0.25) is 4.79 Å². The lowest BCUT2D eigenvalue weighted by Crippen LogP contribution is -2.12. The largest absolute Gasteiger partial charge is 0.325 e. The minimum atomic E-state index is -0.168. The van der Waals surface area contributed by atoms with Crippen molar-refractivity contribution in [2.75, 3.05) is 5.32 Å². The molecule has 0 aliphatic rings. The Kier molecular flexibility index (Phi) is 4.61. The van der Waals surface area contributed by atoms with Crippen LogP contribution in [-0.2, 0) is 9.59 Å². The van der Waals surface area contributed by atoms with Crippen LogP contribution in [-0.4, -0.2) is 16.7 Å². The molecular weight excluding hydrogens is 272 g/mol. The number of rotatable bonds is 4. The zero-order valence-corrected chi connectivity index (χ0v) is 10.8.